The molecule has 0 spiro atoms. The molecule has 1 saturated heterocycles. The monoisotopic (exact) mass is 412 g/mol. The average Bonchev–Trinajstić information content (AvgIpc) is 2.99. The molecule has 2 atom stereocenters. The lowest BCUT2D eigenvalue weighted by atomic mass is 9.92. The van der Waals surface area contributed by atoms with Gasteiger partial charge in [-0.3, -0.25) is 9.62 Å². The molecule has 2 unspecified atom stereocenters. The van der Waals surface area contributed by atoms with Gasteiger partial charge in [0.15, 0.2) is 0 Å². The number of thiophene rings is 1. The SMILES string of the molecule is CC1(c2cccc(NS(C)(=O)=O)c2)C2CN(Cc3cc4ccccc4s3)CC21. The van der Waals surface area contributed by atoms with Crippen LogP contribution in [0.1, 0.15) is 17.4 Å². The Kier molecular flexibility index (Phi) is 4.09. The van der Waals surface area contributed by atoms with Crippen molar-refractivity contribution in [2.75, 3.05) is 24.1 Å². The van der Waals surface area contributed by atoms with Crippen molar-refractivity contribution >= 4 is 37.1 Å². The van der Waals surface area contributed by atoms with Crippen LogP contribution in [0.5, 0.6) is 0 Å². The third-order valence-electron chi connectivity index (χ3n) is 6.47. The molecule has 0 amide bonds. The Morgan fingerprint density at radius 1 is 1.11 bits per heavy atom. The molecule has 6 heteroatoms. The fraction of sp³-hybridized carbons (Fsp3) is 0.364. The first-order valence-corrected chi connectivity index (χ1v) is 12.3. The van der Waals surface area contributed by atoms with E-state index in [1.54, 1.807) is 0 Å². The standard InChI is InChI=1S/C22H24N2O2S2/c1-22(16-7-5-8-17(11-16)23-28(2,25)26)19-13-24(14-20(19)22)12-18-10-15-6-3-4-9-21(15)27-18/h3-11,19-20,23H,12-14H2,1-2H3. The normalized spacial score (nSPS) is 27.1. The van der Waals surface area contributed by atoms with Crippen molar-refractivity contribution in [3.63, 3.8) is 0 Å². The summed E-state index contributed by atoms with van der Waals surface area (Å²) in [5.41, 5.74) is 2.07. The van der Waals surface area contributed by atoms with Crippen LogP contribution in [-0.4, -0.2) is 32.7 Å². The summed E-state index contributed by atoms with van der Waals surface area (Å²) in [5.74, 6) is 1.30. The molecule has 28 heavy (non-hydrogen) atoms. The summed E-state index contributed by atoms with van der Waals surface area (Å²) < 4.78 is 27.0. The number of anilines is 1. The van der Waals surface area contributed by atoms with Gasteiger partial charge in [-0.25, -0.2) is 8.42 Å². The van der Waals surface area contributed by atoms with E-state index >= 15 is 0 Å². The maximum atomic E-state index is 11.5. The smallest absolute Gasteiger partial charge is 0.229 e. The molecule has 2 aliphatic rings. The zero-order chi connectivity index (χ0) is 19.5. The van der Waals surface area contributed by atoms with Crippen LogP contribution < -0.4 is 4.72 Å². The molecular weight excluding hydrogens is 388 g/mol. The van der Waals surface area contributed by atoms with Crippen molar-refractivity contribution < 1.29 is 8.42 Å². The van der Waals surface area contributed by atoms with Crippen LogP contribution in [0.25, 0.3) is 10.1 Å². The second kappa shape index (κ2) is 6.31. The molecule has 0 radical (unpaired) electrons. The summed E-state index contributed by atoms with van der Waals surface area (Å²) in [6, 6.07) is 18.8. The quantitative estimate of drug-likeness (QED) is 0.680. The molecule has 1 aliphatic heterocycles. The summed E-state index contributed by atoms with van der Waals surface area (Å²) in [6.07, 6.45) is 1.19. The minimum atomic E-state index is -3.25. The molecule has 1 N–H and O–H groups in total. The lowest BCUT2D eigenvalue weighted by Crippen LogP contribution is -2.28. The fourth-order valence-electron chi connectivity index (χ4n) is 4.99. The van der Waals surface area contributed by atoms with Gasteiger partial charge in [-0.05, 0) is 47.1 Å². The van der Waals surface area contributed by atoms with Crippen LogP contribution >= 0.6 is 11.3 Å². The average molecular weight is 413 g/mol. The molecule has 2 aromatic carbocycles. The van der Waals surface area contributed by atoms with Crippen molar-refractivity contribution in [3.8, 4) is 0 Å². The van der Waals surface area contributed by atoms with E-state index < -0.39 is 10.0 Å². The molecule has 1 aromatic heterocycles. The van der Waals surface area contributed by atoms with Crippen molar-refractivity contribution in [1.29, 1.82) is 0 Å². The Morgan fingerprint density at radius 3 is 2.57 bits per heavy atom. The van der Waals surface area contributed by atoms with Gasteiger partial charge in [-0.2, -0.15) is 0 Å². The summed E-state index contributed by atoms with van der Waals surface area (Å²) in [6.45, 7) is 5.58. The minimum absolute atomic E-state index is 0.159. The molecule has 5 rings (SSSR count). The summed E-state index contributed by atoms with van der Waals surface area (Å²) in [4.78, 5) is 4.00. The van der Waals surface area contributed by atoms with Gasteiger partial charge >= 0.3 is 0 Å². The van der Waals surface area contributed by atoms with E-state index in [-0.39, 0.29) is 5.41 Å². The van der Waals surface area contributed by atoms with Crippen LogP contribution in [0.3, 0.4) is 0 Å². The molecule has 146 valence electrons. The second-order valence-corrected chi connectivity index (χ2v) is 11.3. The maximum Gasteiger partial charge on any atom is 0.229 e. The largest absolute Gasteiger partial charge is 0.298 e. The predicted octanol–water partition coefficient (Wildman–Crippen LogP) is 4.29. The third kappa shape index (κ3) is 3.13. The Balaban J connectivity index is 1.28. The lowest BCUT2D eigenvalue weighted by molar-refractivity contribution is 0.272. The molecule has 1 saturated carbocycles. The molecule has 4 nitrogen and oxygen atoms in total. The lowest BCUT2D eigenvalue weighted by Gasteiger charge is -2.24. The third-order valence-corrected chi connectivity index (χ3v) is 8.18. The summed E-state index contributed by atoms with van der Waals surface area (Å²) >= 11 is 1.90. The number of rotatable bonds is 5. The number of nitrogens with one attached hydrogen (secondary N) is 1. The van der Waals surface area contributed by atoms with Crippen LogP contribution in [0, 0.1) is 11.8 Å². The number of hydrogen-bond donors (Lipinski definition) is 1. The molecule has 2 heterocycles. The van der Waals surface area contributed by atoms with Crippen LogP contribution in [-0.2, 0) is 22.0 Å². The number of sulfonamides is 1. The van der Waals surface area contributed by atoms with Gasteiger partial charge in [0, 0.05) is 40.3 Å². The summed E-state index contributed by atoms with van der Waals surface area (Å²) in [7, 11) is -3.25. The van der Waals surface area contributed by atoms with E-state index in [1.807, 2.05) is 29.5 Å². The van der Waals surface area contributed by atoms with Gasteiger partial charge < -0.3 is 0 Å². The first-order valence-electron chi connectivity index (χ1n) is 9.61. The first kappa shape index (κ1) is 18.2. The van der Waals surface area contributed by atoms with Crippen molar-refractivity contribution in [3.05, 3.63) is 65.0 Å². The van der Waals surface area contributed by atoms with E-state index in [9.17, 15) is 8.42 Å². The minimum Gasteiger partial charge on any atom is -0.298 e. The molecule has 2 fully saturated rings. The fourth-order valence-corrected chi connectivity index (χ4v) is 6.65. The van der Waals surface area contributed by atoms with Gasteiger partial charge in [0.25, 0.3) is 0 Å². The first-order chi connectivity index (χ1) is 13.3. The highest BCUT2D eigenvalue weighted by molar-refractivity contribution is 7.92. The molecular formula is C22H24N2O2S2. The van der Waals surface area contributed by atoms with Crippen LogP contribution in [0.2, 0.25) is 0 Å². The maximum absolute atomic E-state index is 11.5. The molecule has 0 bridgehead atoms. The van der Waals surface area contributed by atoms with Crippen molar-refractivity contribution in [2.24, 2.45) is 11.8 Å². The zero-order valence-electron chi connectivity index (χ0n) is 16.1. The Labute approximate surface area is 170 Å². The van der Waals surface area contributed by atoms with Gasteiger partial charge in [-0.15, -0.1) is 11.3 Å². The van der Waals surface area contributed by atoms with E-state index in [2.05, 4.69) is 52.9 Å². The zero-order valence-corrected chi connectivity index (χ0v) is 17.7. The van der Waals surface area contributed by atoms with Crippen LogP contribution in [0.4, 0.5) is 5.69 Å². The van der Waals surface area contributed by atoms with E-state index in [4.69, 9.17) is 0 Å². The number of nitrogens with zero attached hydrogens (tertiary/aromatic N) is 1. The van der Waals surface area contributed by atoms with Crippen molar-refractivity contribution in [1.82, 2.24) is 4.90 Å². The predicted molar refractivity (Wildman–Crippen MR) is 116 cm³/mol. The Morgan fingerprint density at radius 2 is 1.86 bits per heavy atom. The Hall–Kier alpha value is -1.89. The number of likely N-dealkylation sites (tertiary alicyclic amines) is 1. The topological polar surface area (TPSA) is 49.4 Å². The van der Waals surface area contributed by atoms with Gasteiger partial charge in [0.2, 0.25) is 10.0 Å². The highest BCUT2D eigenvalue weighted by Gasteiger charge is 2.65. The van der Waals surface area contributed by atoms with Gasteiger partial charge in [0.05, 0.1) is 6.26 Å². The highest BCUT2D eigenvalue weighted by Crippen LogP contribution is 2.63. The van der Waals surface area contributed by atoms with E-state index in [1.165, 1.54) is 26.8 Å². The van der Waals surface area contributed by atoms with Gasteiger partial charge in [0.1, 0.15) is 0 Å². The number of hydrogen-bond acceptors (Lipinski definition) is 4. The number of benzene rings is 2. The number of fused-ring (bicyclic) bond motifs is 2. The molecule has 1 aliphatic carbocycles. The van der Waals surface area contributed by atoms with Crippen LogP contribution in [0.15, 0.2) is 54.6 Å². The van der Waals surface area contributed by atoms with Crippen molar-refractivity contribution in [2.45, 2.75) is 18.9 Å². The Bertz CT molecular complexity index is 1110. The number of piperidine rings is 1. The molecule has 3 aromatic rings. The van der Waals surface area contributed by atoms with E-state index in [0.29, 0.717) is 17.5 Å². The van der Waals surface area contributed by atoms with Gasteiger partial charge in [-0.1, -0.05) is 37.3 Å². The van der Waals surface area contributed by atoms with E-state index in [0.717, 1.165) is 19.6 Å². The highest BCUT2D eigenvalue weighted by atomic mass is 32.2. The summed E-state index contributed by atoms with van der Waals surface area (Å²) in [5, 5.41) is 1.34. The second-order valence-electron chi connectivity index (χ2n) is 8.40.